The highest BCUT2D eigenvalue weighted by atomic mass is 16.1. The summed E-state index contributed by atoms with van der Waals surface area (Å²) >= 11 is 0. The van der Waals surface area contributed by atoms with Crippen molar-refractivity contribution in [2.24, 2.45) is 5.92 Å². The van der Waals surface area contributed by atoms with E-state index in [-0.39, 0.29) is 5.78 Å². The van der Waals surface area contributed by atoms with E-state index in [9.17, 15) is 4.79 Å². The van der Waals surface area contributed by atoms with Crippen LogP contribution in [0.5, 0.6) is 0 Å². The molecule has 0 N–H and O–H groups in total. The Hall–Kier alpha value is -1.12. The van der Waals surface area contributed by atoms with E-state index in [1.807, 2.05) is 0 Å². The Morgan fingerprint density at radius 1 is 1.21 bits per heavy atom. The zero-order valence-electron chi connectivity index (χ0n) is 12.7. The van der Waals surface area contributed by atoms with Crippen molar-refractivity contribution in [3.8, 4) is 0 Å². The minimum atomic E-state index is 0.170. The van der Waals surface area contributed by atoms with Gasteiger partial charge in [-0.3, -0.25) is 9.48 Å². The van der Waals surface area contributed by atoms with Gasteiger partial charge in [-0.15, -0.1) is 0 Å². The van der Waals surface area contributed by atoms with E-state index < -0.39 is 0 Å². The van der Waals surface area contributed by atoms with Gasteiger partial charge in [0.2, 0.25) is 0 Å². The zero-order chi connectivity index (χ0) is 14.0. The first kappa shape index (κ1) is 14.3. The van der Waals surface area contributed by atoms with Crippen molar-refractivity contribution in [3.63, 3.8) is 0 Å². The lowest BCUT2D eigenvalue weighted by atomic mass is 9.87. The van der Waals surface area contributed by atoms with Gasteiger partial charge in [-0.25, -0.2) is 0 Å². The molecule has 1 aromatic heterocycles. The zero-order valence-corrected chi connectivity index (χ0v) is 12.7. The van der Waals surface area contributed by atoms with Crippen molar-refractivity contribution in [2.45, 2.75) is 72.3 Å². The third kappa shape index (κ3) is 2.75. The average Bonchev–Trinajstić information content (AvgIpc) is 2.78. The molecule has 0 unspecified atom stereocenters. The Balaban J connectivity index is 2.37. The summed E-state index contributed by atoms with van der Waals surface area (Å²) in [6, 6.07) is 0.504. The van der Waals surface area contributed by atoms with E-state index >= 15 is 0 Å². The molecular formula is C16H26N2O. The Morgan fingerprint density at radius 2 is 1.84 bits per heavy atom. The molecule has 19 heavy (non-hydrogen) atoms. The second-order valence-electron chi connectivity index (χ2n) is 5.89. The predicted octanol–water partition coefficient (Wildman–Crippen LogP) is 3.96. The molecule has 0 radical (unpaired) electrons. The normalized spacial score (nSPS) is 23.6. The quantitative estimate of drug-likeness (QED) is 0.770. The van der Waals surface area contributed by atoms with Gasteiger partial charge in [-0.1, -0.05) is 20.8 Å². The number of aromatic nitrogens is 2. The lowest BCUT2D eigenvalue weighted by molar-refractivity contribution is 0.101. The van der Waals surface area contributed by atoms with Gasteiger partial charge >= 0.3 is 0 Å². The topological polar surface area (TPSA) is 34.9 Å². The molecule has 0 aromatic carbocycles. The van der Waals surface area contributed by atoms with Crippen molar-refractivity contribution in [3.05, 3.63) is 17.0 Å². The summed E-state index contributed by atoms with van der Waals surface area (Å²) in [5.41, 5.74) is 3.04. The van der Waals surface area contributed by atoms with Crippen LogP contribution in [-0.2, 0) is 12.8 Å². The smallest absolute Gasteiger partial charge is 0.163 e. The molecule has 1 aliphatic carbocycles. The van der Waals surface area contributed by atoms with Crippen molar-refractivity contribution in [1.29, 1.82) is 0 Å². The third-order valence-corrected chi connectivity index (χ3v) is 4.44. The van der Waals surface area contributed by atoms with Gasteiger partial charge in [0, 0.05) is 5.69 Å². The third-order valence-electron chi connectivity index (χ3n) is 4.44. The molecule has 0 atom stereocenters. The molecule has 2 rings (SSSR count). The molecule has 1 fully saturated rings. The van der Waals surface area contributed by atoms with E-state index in [2.05, 4.69) is 25.5 Å². The Kier molecular flexibility index (Phi) is 4.43. The van der Waals surface area contributed by atoms with Crippen molar-refractivity contribution in [1.82, 2.24) is 9.78 Å². The van der Waals surface area contributed by atoms with Crippen LogP contribution in [0.3, 0.4) is 0 Å². The summed E-state index contributed by atoms with van der Waals surface area (Å²) in [4.78, 5) is 11.9. The molecule has 0 saturated heterocycles. The summed E-state index contributed by atoms with van der Waals surface area (Å²) in [5.74, 6) is 1.01. The van der Waals surface area contributed by atoms with E-state index in [0.717, 1.165) is 35.7 Å². The summed E-state index contributed by atoms with van der Waals surface area (Å²) in [7, 11) is 0. The van der Waals surface area contributed by atoms with Crippen molar-refractivity contribution >= 4 is 5.78 Å². The molecule has 3 nitrogen and oxygen atoms in total. The largest absolute Gasteiger partial charge is 0.294 e. The van der Waals surface area contributed by atoms with Gasteiger partial charge in [0.15, 0.2) is 5.78 Å². The monoisotopic (exact) mass is 262 g/mol. The maximum atomic E-state index is 11.9. The number of nitrogens with zero attached hydrogens (tertiary/aromatic N) is 2. The number of hydrogen-bond donors (Lipinski definition) is 0. The fraction of sp³-hybridized carbons (Fsp3) is 0.750. The highest BCUT2D eigenvalue weighted by Gasteiger charge is 2.26. The van der Waals surface area contributed by atoms with Crippen molar-refractivity contribution in [2.75, 3.05) is 0 Å². The molecule has 0 aliphatic heterocycles. The SMILES string of the molecule is CCc1nn(C2CCC(C)CC2)c(CC)c1C(C)=O. The second-order valence-corrected chi connectivity index (χ2v) is 5.89. The Bertz CT molecular complexity index is 454. The summed E-state index contributed by atoms with van der Waals surface area (Å²) in [6.45, 7) is 8.22. The fourth-order valence-corrected chi connectivity index (χ4v) is 3.30. The molecule has 1 aliphatic rings. The van der Waals surface area contributed by atoms with Crippen molar-refractivity contribution < 1.29 is 4.79 Å². The molecule has 3 heteroatoms. The molecule has 106 valence electrons. The molecule has 1 aromatic rings. The van der Waals surface area contributed by atoms with Crippen LogP contribution in [-0.4, -0.2) is 15.6 Å². The molecular weight excluding hydrogens is 236 g/mol. The molecule has 1 saturated carbocycles. The van der Waals surface area contributed by atoms with Crippen LogP contribution < -0.4 is 0 Å². The standard InChI is InChI=1S/C16H26N2O/c1-5-14-16(12(4)19)15(6-2)18(17-14)13-9-7-11(3)8-10-13/h11,13H,5-10H2,1-4H3. The van der Waals surface area contributed by atoms with Gasteiger partial charge in [-0.05, 0) is 51.4 Å². The van der Waals surface area contributed by atoms with Gasteiger partial charge in [0.05, 0.1) is 17.3 Å². The van der Waals surface area contributed by atoms with Crippen LogP contribution in [0.2, 0.25) is 0 Å². The predicted molar refractivity (Wildman–Crippen MR) is 77.7 cm³/mol. The first-order chi connectivity index (χ1) is 9.08. The fourth-order valence-electron chi connectivity index (χ4n) is 3.30. The van der Waals surface area contributed by atoms with Crippen LogP contribution >= 0.6 is 0 Å². The minimum Gasteiger partial charge on any atom is -0.294 e. The number of carbonyl (C=O) groups excluding carboxylic acids is 1. The highest BCUT2D eigenvalue weighted by Crippen LogP contribution is 2.33. The minimum absolute atomic E-state index is 0.170. The Morgan fingerprint density at radius 3 is 2.32 bits per heavy atom. The Labute approximate surface area is 116 Å². The number of rotatable bonds is 4. The van der Waals surface area contributed by atoms with Gasteiger partial charge < -0.3 is 0 Å². The number of hydrogen-bond acceptors (Lipinski definition) is 2. The summed E-state index contributed by atoms with van der Waals surface area (Å²) in [5, 5.41) is 4.77. The van der Waals surface area contributed by atoms with E-state index in [1.54, 1.807) is 6.92 Å². The van der Waals surface area contributed by atoms with Crippen LogP contribution in [0, 0.1) is 5.92 Å². The molecule has 0 amide bonds. The van der Waals surface area contributed by atoms with Crippen LogP contribution in [0.1, 0.15) is 81.2 Å². The molecule has 1 heterocycles. The van der Waals surface area contributed by atoms with E-state index in [0.29, 0.717) is 6.04 Å². The van der Waals surface area contributed by atoms with Crippen LogP contribution in [0.25, 0.3) is 0 Å². The lowest BCUT2D eigenvalue weighted by Gasteiger charge is -2.27. The number of carbonyl (C=O) groups is 1. The second kappa shape index (κ2) is 5.89. The molecule has 0 spiro atoms. The average molecular weight is 262 g/mol. The first-order valence-electron chi connectivity index (χ1n) is 7.69. The summed E-state index contributed by atoms with van der Waals surface area (Å²) in [6.07, 6.45) is 6.72. The number of ketones is 1. The van der Waals surface area contributed by atoms with E-state index in [1.165, 1.54) is 25.7 Å². The molecule has 0 bridgehead atoms. The van der Waals surface area contributed by atoms with Crippen LogP contribution in [0.4, 0.5) is 0 Å². The van der Waals surface area contributed by atoms with E-state index in [4.69, 9.17) is 5.10 Å². The first-order valence-corrected chi connectivity index (χ1v) is 7.69. The number of aryl methyl sites for hydroxylation is 1. The number of Topliss-reactive ketones (excluding diaryl/α,β-unsaturated/α-hetero) is 1. The maximum absolute atomic E-state index is 11.9. The van der Waals surface area contributed by atoms with Gasteiger partial charge in [0.1, 0.15) is 0 Å². The van der Waals surface area contributed by atoms with Gasteiger partial charge in [0.25, 0.3) is 0 Å². The maximum Gasteiger partial charge on any atom is 0.163 e. The lowest BCUT2D eigenvalue weighted by Crippen LogP contribution is -2.20. The highest BCUT2D eigenvalue weighted by molar-refractivity contribution is 5.96. The summed E-state index contributed by atoms with van der Waals surface area (Å²) < 4.78 is 2.18. The van der Waals surface area contributed by atoms with Gasteiger partial charge in [-0.2, -0.15) is 5.10 Å². The van der Waals surface area contributed by atoms with Crippen LogP contribution in [0.15, 0.2) is 0 Å².